The lowest BCUT2D eigenvalue weighted by atomic mass is 9.83. The maximum atomic E-state index is 12.5. The van der Waals surface area contributed by atoms with Crippen LogP contribution in [0.25, 0.3) is 0 Å². The van der Waals surface area contributed by atoms with E-state index < -0.39 is 5.92 Å². The van der Waals surface area contributed by atoms with Gasteiger partial charge in [0.1, 0.15) is 0 Å². The summed E-state index contributed by atoms with van der Waals surface area (Å²) in [7, 11) is 0. The lowest BCUT2D eigenvalue weighted by Gasteiger charge is -2.31. The second kappa shape index (κ2) is 1.04. The van der Waals surface area contributed by atoms with Crippen LogP contribution in [-0.2, 0) is 0 Å². The minimum atomic E-state index is -2.31. The molecule has 2 aliphatic carbocycles. The molecule has 0 radical (unpaired) electrons. The van der Waals surface area contributed by atoms with Crippen molar-refractivity contribution in [3.63, 3.8) is 0 Å². The molecular formula is C7H10F2. The average molecular weight is 132 g/mol. The molecule has 0 saturated heterocycles. The van der Waals surface area contributed by atoms with Crippen molar-refractivity contribution < 1.29 is 8.78 Å². The Kier molecular flexibility index (Phi) is 0.651. The monoisotopic (exact) mass is 132 g/mol. The summed E-state index contributed by atoms with van der Waals surface area (Å²) >= 11 is 0. The third-order valence-electron chi connectivity index (χ3n) is 3.21. The Hall–Kier alpha value is -0.140. The molecule has 9 heavy (non-hydrogen) atoms. The van der Waals surface area contributed by atoms with Crippen molar-refractivity contribution in [1.29, 1.82) is 0 Å². The highest BCUT2D eigenvalue weighted by Gasteiger charge is 2.79. The van der Waals surface area contributed by atoms with Crippen LogP contribution in [0.5, 0.6) is 0 Å². The van der Waals surface area contributed by atoms with Crippen molar-refractivity contribution in [2.24, 2.45) is 17.3 Å². The summed E-state index contributed by atoms with van der Waals surface area (Å²) in [4.78, 5) is 0. The van der Waals surface area contributed by atoms with E-state index >= 15 is 0 Å². The van der Waals surface area contributed by atoms with Gasteiger partial charge in [-0.25, -0.2) is 8.78 Å². The fourth-order valence-electron chi connectivity index (χ4n) is 2.40. The second-order valence-electron chi connectivity index (χ2n) is 3.71. The van der Waals surface area contributed by atoms with Gasteiger partial charge >= 0.3 is 0 Å². The molecule has 0 aromatic rings. The summed E-state index contributed by atoms with van der Waals surface area (Å²) in [6, 6.07) is 0. The second-order valence-corrected chi connectivity index (χ2v) is 3.71. The summed E-state index contributed by atoms with van der Waals surface area (Å²) in [6.07, 6.45) is 0.131. The van der Waals surface area contributed by atoms with Crippen molar-refractivity contribution in [2.75, 3.05) is 0 Å². The Morgan fingerprint density at radius 2 is 2.00 bits per heavy atom. The zero-order valence-corrected chi connectivity index (χ0v) is 5.62. The highest BCUT2D eigenvalue weighted by molar-refractivity contribution is 5.22. The molecule has 0 bridgehead atoms. The van der Waals surface area contributed by atoms with E-state index in [2.05, 4.69) is 0 Å². The van der Waals surface area contributed by atoms with Crippen LogP contribution in [0.4, 0.5) is 8.78 Å². The molecule has 2 rings (SSSR count). The molecular weight excluding hydrogens is 122 g/mol. The average Bonchev–Trinajstić information content (AvgIpc) is 2.03. The predicted molar refractivity (Wildman–Crippen MR) is 30.3 cm³/mol. The summed E-state index contributed by atoms with van der Waals surface area (Å²) in [5.74, 6) is -2.31. The summed E-state index contributed by atoms with van der Waals surface area (Å²) in [5.41, 5.74) is 0.0312. The van der Waals surface area contributed by atoms with Crippen LogP contribution >= 0.6 is 0 Å². The topological polar surface area (TPSA) is 0 Å². The third-order valence-corrected chi connectivity index (χ3v) is 3.21. The number of rotatable bonds is 0. The van der Waals surface area contributed by atoms with Gasteiger partial charge in [0.15, 0.2) is 0 Å². The highest BCUT2D eigenvalue weighted by Crippen LogP contribution is 2.77. The first kappa shape index (κ1) is 5.63. The van der Waals surface area contributed by atoms with Crippen molar-refractivity contribution in [3.05, 3.63) is 0 Å². The lowest BCUT2D eigenvalue weighted by molar-refractivity contribution is -0.112. The van der Waals surface area contributed by atoms with E-state index in [1.807, 2.05) is 13.8 Å². The lowest BCUT2D eigenvalue weighted by Crippen LogP contribution is -2.35. The van der Waals surface area contributed by atoms with E-state index in [0.717, 1.165) is 0 Å². The molecule has 0 amide bonds. The Morgan fingerprint density at radius 1 is 1.44 bits per heavy atom. The Balaban J connectivity index is 2.19. The first-order chi connectivity index (χ1) is 3.98. The molecule has 52 valence electrons. The highest BCUT2D eigenvalue weighted by atomic mass is 19.3. The molecule has 2 fully saturated rings. The minimum Gasteiger partial charge on any atom is -0.207 e. The van der Waals surface area contributed by atoms with Crippen LogP contribution in [0, 0.1) is 17.3 Å². The van der Waals surface area contributed by atoms with Crippen molar-refractivity contribution in [1.82, 2.24) is 0 Å². The maximum absolute atomic E-state index is 12.5. The van der Waals surface area contributed by atoms with Gasteiger partial charge < -0.3 is 0 Å². The zero-order valence-electron chi connectivity index (χ0n) is 5.62. The number of alkyl halides is 2. The molecule has 0 heterocycles. The van der Waals surface area contributed by atoms with E-state index in [1.54, 1.807) is 0 Å². The molecule has 0 aromatic carbocycles. The summed E-state index contributed by atoms with van der Waals surface area (Å²) < 4.78 is 24.9. The Morgan fingerprint density at radius 3 is 2.00 bits per heavy atom. The maximum Gasteiger partial charge on any atom is 0.252 e. The summed E-state index contributed by atoms with van der Waals surface area (Å²) in [6.45, 7) is 3.88. The van der Waals surface area contributed by atoms with Gasteiger partial charge in [-0.05, 0) is 11.3 Å². The predicted octanol–water partition coefficient (Wildman–Crippen LogP) is 2.30. The van der Waals surface area contributed by atoms with E-state index in [0.29, 0.717) is 0 Å². The third kappa shape index (κ3) is 0.404. The normalized spacial score (nSPS) is 60.0. The van der Waals surface area contributed by atoms with Crippen LogP contribution < -0.4 is 0 Å². The molecule has 2 heteroatoms. The number of fused-ring (bicyclic) bond motifs is 1. The quantitative estimate of drug-likeness (QED) is 0.474. The number of halogens is 2. The van der Waals surface area contributed by atoms with Crippen molar-refractivity contribution >= 4 is 0 Å². The van der Waals surface area contributed by atoms with Crippen LogP contribution in [0.1, 0.15) is 20.3 Å². The molecule has 0 N–H and O–H groups in total. The molecule has 3 atom stereocenters. The standard InChI is InChI=1S/C7H10F2/c1-4-5-6(4,2)3-7(5,8)9/h4-5H,3H2,1-2H3. The van der Waals surface area contributed by atoms with Gasteiger partial charge in [0.05, 0.1) is 0 Å². The molecule has 0 aliphatic heterocycles. The molecule has 2 saturated carbocycles. The van der Waals surface area contributed by atoms with Gasteiger partial charge in [0.2, 0.25) is 0 Å². The van der Waals surface area contributed by atoms with Gasteiger partial charge in [-0.3, -0.25) is 0 Å². The van der Waals surface area contributed by atoms with E-state index in [1.165, 1.54) is 0 Å². The van der Waals surface area contributed by atoms with Gasteiger partial charge in [-0.2, -0.15) is 0 Å². The SMILES string of the molecule is CC1C2C(F)(F)CC12C. The fourth-order valence-corrected chi connectivity index (χ4v) is 2.40. The molecule has 0 aromatic heterocycles. The van der Waals surface area contributed by atoms with E-state index in [4.69, 9.17) is 0 Å². The fraction of sp³-hybridized carbons (Fsp3) is 1.00. The van der Waals surface area contributed by atoms with Crippen LogP contribution in [0.15, 0.2) is 0 Å². The largest absolute Gasteiger partial charge is 0.252 e. The van der Waals surface area contributed by atoms with Gasteiger partial charge in [-0.1, -0.05) is 13.8 Å². The van der Waals surface area contributed by atoms with Crippen molar-refractivity contribution in [3.8, 4) is 0 Å². The molecule has 0 nitrogen and oxygen atoms in total. The number of hydrogen-bond acceptors (Lipinski definition) is 0. The first-order valence-electron chi connectivity index (χ1n) is 3.36. The van der Waals surface area contributed by atoms with Crippen LogP contribution in [-0.4, -0.2) is 5.92 Å². The molecule has 2 aliphatic rings. The van der Waals surface area contributed by atoms with Crippen LogP contribution in [0.3, 0.4) is 0 Å². The van der Waals surface area contributed by atoms with Gasteiger partial charge in [0, 0.05) is 12.3 Å². The molecule has 3 unspecified atom stereocenters. The zero-order chi connectivity index (χ0) is 6.86. The molecule has 0 spiro atoms. The first-order valence-corrected chi connectivity index (χ1v) is 3.36. The van der Waals surface area contributed by atoms with Crippen molar-refractivity contribution in [2.45, 2.75) is 26.2 Å². The smallest absolute Gasteiger partial charge is 0.207 e. The van der Waals surface area contributed by atoms with Gasteiger partial charge in [-0.15, -0.1) is 0 Å². The Bertz CT molecular complexity index is 155. The Labute approximate surface area is 53.2 Å². The van der Waals surface area contributed by atoms with Gasteiger partial charge in [0.25, 0.3) is 5.92 Å². The number of hydrogen-bond donors (Lipinski definition) is 0. The van der Waals surface area contributed by atoms with Crippen LogP contribution in [0.2, 0.25) is 0 Å². The van der Waals surface area contributed by atoms with E-state index in [9.17, 15) is 8.78 Å². The minimum absolute atomic E-state index is 0.0312. The summed E-state index contributed by atoms with van der Waals surface area (Å²) in [5, 5.41) is 0. The van der Waals surface area contributed by atoms with E-state index in [-0.39, 0.29) is 23.7 Å².